The molecule has 0 bridgehead atoms. The molecule has 15 heavy (non-hydrogen) atoms. The highest BCUT2D eigenvalue weighted by Gasteiger charge is 2.02. The van der Waals surface area contributed by atoms with Crippen LogP contribution in [0.15, 0.2) is 10.9 Å². The highest BCUT2D eigenvalue weighted by Crippen LogP contribution is 1.95. The lowest BCUT2D eigenvalue weighted by molar-refractivity contribution is 0.522. The van der Waals surface area contributed by atoms with E-state index in [2.05, 4.69) is 24.1 Å². The molecular formula is C11H19N3O. The summed E-state index contributed by atoms with van der Waals surface area (Å²) in [5.41, 5.74) is 1.60. The maximum absolute atomic E-state index is 11.6. The van der Waals surface area contributed by atoms with E-state index in [0.29, 0.717) is 12.6 Å². The maximum Gasteiger partial charge on any atom is 0.347 e. The Kier molecular flexibility index (Phi) is 4.03. The largest absolute Gasteiger partial charge is 0.347 e. The first-order valence-electron chi connectivity index (χ1n) is 5.29. The fraction of sp³-hybridized carbons (Fsp3) is 0.636. The van der Waals surface area contributed by atoms with Crippen LogP contribution in [-0.4, -0.2) is 22.1 Å². The van der Waals surface area contributed by atoms with Crippen molar-refractivity contribution in [1.82, 2.24) is 14.9 Å². The van der Waals surface area contributed by atoms with Gasteiger partial charge in [0.25, 0.3) is 0 Å². The van der Waals surface area contributed by atoms with Crippen molar-refractivity contribution in [3.05, 3.63) is 27.9 Å². The van der Waals surface area contributed by atoms with Crippen LogP contribution in [0.1, 0.15) is 25.2 Å². The van der Waals surface area contributed by atoms with Gasteiger partial charge in [0.1, 0.15) is 0 Å². The van der Waals surface area contributed by atoms with Crippen LogP contribution in [0.3, 0.4) is 0 Å². The predicted molar refractivity (Wildman–Crippen MR) is 61.1 cm³/mol. The quantitative estimate of drug-likeness (QED) is 0.800. The molecule has 0 saturated carbocycles. The molecule has 0 radical (unpaired) electrons. The molecule has 0 aromatic carbocycles. The minimum Gasteiger partial charge on any atom is -0.313 e. The Labute approximate surface area is 90.3 Å². The number of hydrogen-bond acceptors (Lipinski definition) is 3. The fourth-order valence-electron chi connectivity index (χ4n) is 1.51. The van der Waals surface area contributed by atoms with Crippen LogP contribution < -0.4 is 11.0 Å². The summed E-state index contributed by atoms with van der Waals surface area (Å²) in [6.07, 6.45) is 0. The molecular weight excluding hydrogens is 190 g/mol. The van der Waals surface area contributed by atoms with Gasteiger partial charge in [-0.1, -0.05) is 13.8 Å². The first-order chi connectivity index (χ1) is 7.00. The molecule has 0 amide bonds. The van der Waals surface area contributed by atoms with Crippen molar-refractivity contribution >= 4 is 0 Å². The number of rotatable bonds is 4. The lowest BCUT2D eigenvalue weighted by Crippen LogP contribution is -2.32. The highest BCUT2D eigenvalue weighted by molar-refractivity contribution is 5.06. The Hall–Kier alpha value is -1.16. The molecule has 0 aliphatic carbocycles. The standard InChI is InChI=1S/C11H19N3O/c1-8(2)12-5-6-14-10(4)7-9(3)13-11(14)15/h7-8,12H,5-6H2,1-4H3. The topological polar surface area (TPSA) is 46.9 Å². The average molecular weight is 209 g/mol. The maximum atomic E-state index is 11.6. The average Bonchev–Trinajstić information content (AvgIpc) is 2.08. The van der Waals surface area contributed by atoms with E-state index in [-0.39, 0.29) is 5.69 Å². The fourth-order valence-corrected chi connectivity index (χ4v) is 1.51. The zero-order valence-corrected chi connectivity index (χ0v) is 9.87. The van der Waals surface area contributed by atoms with Gasteiger partial charge in [0, 0.05) is 30.5 Å². The van der Waals surface area contributed by atoms with E-state index in [4.69, 9.17) is 0 Å². The smallest absolute Gasteiger partial charge is 0.313 e. The molecule has 1 rings (SSSR count). The third-order valence-electron chi connectivity index (χ3n) is 2.23. The van der Waals surface area contributed by atoms with Crippen LogP contribution in [0.25, 0.3) is 0 Å². The van der Waals surface area contributed by atoms with Crippen LogP contribution in [0.4, 0.5) is 0 Å². The summed E-state index contributed by atoms with van der Waals surface area (Å²) in [5, 5.41) is 3.28. The number of nitrogens with one attached hydrogen (secondary N) is 1. The molecule has 1 N–H and O–H groups in total. The van der Waals surface area contributed by atoms with Crippen LogP contribution in [0, 0.1) is 13.8 Å². The van der Waals surface area contributed by atoms with Crippen molar-refractivity contribution in [2.24, 2.45) is 0 Å². The van der Waals surface area contributed by atoms with Crippen molar-refractivity contribution in [2.75, 3.05) is 6.54 Å². The van der Waals surface area contributed by atoms with Crippen molar-refractivity contribution in [2.45, 2.75) is 40.3 Å². The molecule has 4 nitrogen and oxygen atoms in total. The van der Waals surface area contributed by atoms with E-state index >= 15 is 0 Å². The van der Waals surface area contributed by atoms with Gasteiger partial charge in [-0.15, -0.1) is 0 Å². The summed E-state index contributed by atoms with van der Waals surface area (Å²) in [6, 6.07) is 2.37. The minimum absolute atomic E-state index is 0.155. The minimum atomic E-state index is -0.155. The Morgan fingerprint density at radius 1 is 1.47 bits per heavy atom. The van der Waals surface area contributed by atoms with Gasteiger partial charge in [0.15, 0.2) is 0 Å². The second-order valence-corrected chi connectivity index (χ2v) is 4.08. The van der Waals surface area contributed by atoms with E-state index in [1.54, 1.807) is 4.57 Å². The Balaban J connectivity index is 2.73. The lowest BCUT2D eigenvalue weighted by atomic mass is 10.3. The summed E-state index contributed by atoms with van der Waals surface area (Å²) >= 11 is 0. The lowest BCUT2D eigenvalue weighted by Gasteiger charge is -2.11. The summed E-state index contributed by atoms with van der Waals surface area (Å²) in [5.74, 6) is 0. The molecule has 1 heterocycles. The van der Waals surface area contributed by atoms with Gasteiger partial charge in [0.05, 0.1) is 0 Å². The Morgan fingerprint density at radius 3 is 2.67 bits per heavy atom. The van der Waals surface area contributed by atoms with Gasteiger partial charge in [-0.05, 0) is 19.9 Å². The second kappa shape index (κ2) is 5.07. The van der Waals surface area contributed by atoms with Crippen LogP contribution in [0.2, 0.25) is 0 Å². The van der Waals surface area contributed by atoms with Crippen molar-refractivity contribution in [3.8, 4) is 0 Å². The van der Waals surface area contributed by atoms with E-state index < -0.39 is 0 Å². The Bertz CT molecular complexity index is 382. The first-order valence-corrected chi connectivity index (χ1v) is 5.29. The molecule has 0 aliphatic heterocycles. The van der Waals surface area contributed by atoms with E-state index in [0.717, 1.165) is 17.9 Å². The number of aromatic nitrogens is 2. The van der Waals surface area contributed by atoms with Gasteiger partial charge in [-0.3, -0.25) is 4.57 Å². The van der Waals surface area contributed by atoms with E-state index in [9.17, 15) is 4.79 Å². The van der Waals surface area contributed by atoms with E-state index in [1.807, 2.05) is 19.9 Å². The van der Waals surface area contributed by atoms with Gasteiger partial charge in [-0.25, -0.2) is 4.79 Å². The van der Waals surface area contributed by atoms with Gasteiger partial charge in [0.2, 0.25) is 0 Å². The molecule has 0 atom stereocenters. The number of aryl methyl sites for hydroxylation is 2. The number of nitrogens with zero attached hydrogens (tertiary/aromatic N) is 2. The molecule has 0 aliphatic rings. The molecule has 0 fully saturated rings. The highest BCUT2D eigenvalue weighted by atomic mass is 16.1. The van der Waals surface area contributed by atoms with Gasteiger partial charge >= 0.3 is 5.69 Å². The van der Waals surface area contributed by atoms with Crippen LogP contribution in [-0.2, 0) is 6.54 Å². The summed E-state index contributed by atoms with van der Waals surface area (Å²) < 4.78 is 1.70. The molecule has 84 valence electrons. The zero-order chi connectivity index (χ0) is 11.4. The van der Waals surface area contributed by atoms with Crippen molar-refractivity contribution in [3.63, 3.8) is 0 Å². The van der Waals surface area contributed by atoms with Crippen LogP contribution in [0.5, 0.6) is 0 Å². The zero-order valence-electron chi connectivity index (χ0n) is 9.87. The number of hydrogen-bond donors (Lipinski definition) is 1. The first kappa shape index (κ1) is 11.9. The third kappa shape index (κ3) is 3.47. The molecule has 0 saturated heterocycles. The third-order valence-corrected chi connectivity index (χ3v) is 2.23. The molecule has 4 heteroatoms. The summed E-state index contributed by atoms with van der Waals surface area (Å²) in [6.45, 7) is 9.42. The summed E-state index contributed by atoms with van der Waals surface area (Å²) in [4.78, 5) is 15.5. The van der Waals surface area contributed by atoms with Gasteiger partial charge < -0.3 is 5.32 Å². The normalized spacial score (nSPS) is 11.0. The summed E-state index contributed by atoms with van der Waals surface area (Å²) in [7, 11) is 0. The predicted octanol–water partition coefficient (Wildman–Crippen LogP) is 0.858. The van der Waals surface area contributed by atoms with Crippen molar-refractivity contribution < 1.29 is 0 Å². The van der Waals surface area contributed by atoms with E-state index in [1.165, 1.54) is 0 Å². The SMILES string of the molecule is Cc1cc(C)n(CCNC(C)C)c(=O)n1. The second-order valence-electron chi connectivity index (χ2n) is 4.08. The monoisotopic (exact) mass is 209 g/mol. The Morgan fingerprint density at radius 2 is 2.13 bits per heavy atom. The molecule has 1 aromatic rings. The van der Waals surface area contributed by atoms with Crippen molar-refractivity contribution in [1.29, 1.82) is 0 Å². The van der Waals surface area contributed by atoms with Gasteiger partial charge in [-0.2, -0.15) is 4.98 Å². The molecule has 0 unspecified atom stereocenters. The van der Waals surface area contributed by atoms with Crippen LogP contribution >= 0.6 is 0 Å². The molecule has 0 spiro atoms. The molecule has 1 aromatic heterocycles.